The van der Waals surface area contributed by atoms with Gasteiger partial charge in [0.25, 0.3) is 0 Å². The van der Waals surface area contributed by atoms with Crippen LogP contribution in [0, 0.1) is 6.92 Å². The summed E-state index contributed by atoms with van der Waals surface area (Å²) in [4.78, 5) is 0. The molecule has 96 valence electrons. The molecule has 0 aliphatic rings. The van der Waals surface area contributed by atoms with Crippen molar-refractivity contribution in [2.24, 2.45) is 5.73 Å². The first-order valence-electron chi connectivity index (χ1n) is 5.91. The molecule has 2 N–H and O–H groups in total. The van der Waals surface area contributed by atoms with Gasteiger partial charge in [0.15, 0.2) is 0 Å². The maximum Gasteiger partial charge on any atom is 0.122 e. The van der Waals surface area contributed by atoms with Crippen LogP contribution in [0.4, 0.5) is 0 Å². The molecule has 0 heterocycles. The fourth-order valence-corrected chi connectivity index (χ4v) is 1.63. The zero-order valence-corrected chi connectivity index (χ0v) is 11.0. The molecule has 0 aromatic heterocycles. The van der Waals surface area contributed by atoms with Crippen LogP contribution >= 0.6 is 11.6 Å². The Bertz CT molecular complexity index is 331. The molecular formula is C13H20ClNO2. The van der Waals surface area contributed by atoms with E-state index in [0.717, 1.165) is 35.8 Å². The maximum absolute atomic E-state index is 5.86. The first-order valence-corrected chi connectivity index (χ1v) is 6.28. The molecule has 17 heavy (non-hydrogen) atoms. The van der Waals surface area contributed by atoms with Gasteiger partial charge >= 0.3 is 0 Å². The predicted molar refractivity (Wildman–Crippen MR) is 70.8 cm³/mol. The largest absolute Gasteiger partial charge is 0.493 e. The smallest absolute Gasteiger partial charge is 0.122 e. The van der Waals surface area contributed by atoms with Crippen LogP contribution in [0.3, 0.4) is 0 Å². The summed E-state index contributed by atoms with van der Waals surface area (Å²) >= 11 is 5.86. The third-order valence-corrected chi connectivity index (χ3v) is 2.56. The summed E-state index contributed by atoms with van der Waals surface area (Å²) in [6.07, 6.45) is 1.80. The molecule has 0 atom stereocenters. The summed E-state index contributed by atoms with van der Waals surface area (Å²) in [6.45, 7) is 4.77. The molecule has 0 fully saturated rings. The number of benzene rings is 1. The highest BCUT2D eigenvalue weighted by atomic mass is 35.5. The Morgan fingerprint density at radius 1 is 1.18 bits per heavy atom. The van der Waals surface area contributed by atoms with E-state index in [0.29, 0.717) is 19.8 Å². The van der Waals surface area contributed by atoms with E-state index in [1.165, 1.54) is 0 Å². The van der Waals surface area contributed by atoms with Gasteiger partial charge in [0, 0.05) is 24.7 Å². The Labute approximate surface area is 108 Å². The van der Waals surface area contributed by atoms with E-state index in [1.54, 1.807) is 0 Å². The van der Waals surface area contributed by atoms with Gasteiger partial charge in [-0.05, 0) is 43.7 Å². The zero-order valence-electron chi connectivity index (χ0n) is 10.2. The van der Waals surface area contributed by atoms with Gasteiger partial charge in [-0.2, -0.15) is 0 Å². The lowest BCUT2D eigenvalue weighted by molar-refractivity contribution is 0.118. The summed E-state index contributed by atoms with van der Waals surface area (Å²) in [7, 11) is 0. The molecule has 4 heteroatoms. The van der Waals surface area contributed by atoms with Crippen molar-refractivity contribution >= 4 is 11.6 Å². The van der Waals surface area contributed by atoms with Crippen LogP contribution in [0.5, 0.6) is 5.75 Å². The lowest BCUT2D eigenvalue weighted by Gasteiger charge is -2.09. The number of aryl methyl sites for hydroxylation is 1. The fraction of sp³-hybridized carbons (Fsp3) is 0.538. The Morgan fingerprint density at radius 2 is 1.94 bits per heavy atom. The van der Waals surface area contributed by atoms with Gasteiger partial charge in [-0.15, -0.1) is 0 Å². The monoisotopic (exact) mass is 257 g/mol. The van der Waals surface area contributed by atoms with Crippen LogP contribution in [0.2, 0.25) is 5.02 Å². The van der Waals surface area contributed by atoms with Crippen LogP contribution in [0.1, 0.15) is 18.4 Å². The van der Waals surface area contributed by atoms with Gasteiger partial charge in [-0.3, -0.25) is 0 Å². The summed E-state index contributed by atoms with van der Waals surface area (Å²) < 4.78 is 11.0. The number of rotatable bonds is 8. The number of hydrogen-bond acceptors (Lipinski definition) is 3. The Morgan fingerprint density at radius 3 is 2.65 bits per heavy atom. The van der Waals surface area contributed by atoms with Crippen molar-refractivity contribution in [1.29, 1.82) is 0 Å². The van der Waals surface area contributed by atoms with Crippen molar-refractivity contribution in [3.63, 3.8) is 0 Å². The Kier molecular flexibility index (Phi) is 7.01. The van der Waals surface area contributed by atoms with Crippen molar-refractivity contribution < 1.29 is 9.47 Å². The minimum absolute atomic E-state index is 0.658. The first kappa shape index (κ1) is 14.3. The molecule has 0 spiro atoms. The number of nitrogens with two attached hydrogens (primary N) is 1. The van der Waals surface area contributed by atoms with E-state index in [-0.39, 0.29) is 0 Å². The second-order valence-electron chi connectivity index (χ2n) is 3.87. The molecule has 0 bridgehead atoms. The highest BCUT2D eigenvalue weighted by molar-refractivity contribution is 6.30. The molecule has 1 aromatic rings. The quantitative estimate of drug-likeness (QED) is 0.729. The minimum atomic E-state index is 0.658. The molecule has 1 aromatic carbocycles. The maximum atomic E-state index is 5.86. The van der Waals surface area contributed by atoms with Crippen molar-refractivity contribution in [3.8, 4) is 5.75 Å². The van der Waals surface area contributed by atoms with Gasteiger partial charge in [-0.25, -0.2) is 0 Å². The Hall–Kier alpha value is -0.770. The lowest BCUT2D eigenvalue weighted by Crippen LogP contribution is -2.07. The molecule has 0 aliphatic heterocycles. The van der Waals surface area contributed by atoms with Crippen molar-refractivity contribution in [3.05, 3.63) is 28.8 Å². The van der Waals surface area contributed by atoms with Crippen LogP contribution in [0.25, 0.3) is 0 Å². The van der Waals surface area contributed by atoms with E-state index in [2.05, 4.69) is 0 Å². The highest BCUT2D eigenvalue weighted by Gasteiger charge is 1.99. The lowest BCUT2D eigenvalue weighted by atomic mass is 10.2. The zero-order chi connectivity index (χ0) is 12.5. The van der Waals surface area contributed by atoms with Crippen molar-refractivity contribution in [1.82, 2.24) is 0 Å². The van der Waals surface area contributed by atoms with Gasteiger partial charge in [0.1, 0.15) is 5.75 Å². The summed E-state index contributed by atoms with van der Waals surface area (Å²) in [5.74, 6) is 0.886. The van der Waals surface area contributed by atoms with Gasteiger partial charge in [0.05, 0.1) is 6.61 Å². The van der Waals surface area contributed by atoms with Gasteiger partial charge in [-0.1, -0.05) is 11.6 Å². The molecule has 3 nitrogen and oxygen atoms in total. The minimum Gasteiger partial charge on any atom is -0.493 e. The average Bonchev–Trinajstić information content (AvgIpc) is 2.30. The summed E-state index contributed by atoms with van der Waals surface area (Å²) in [5.41, 5.74) is 6.42. The summed E-state index contributed by atoms with van der Waals surface area (Å²) in [6, 6.07) is 5.63. The normalized spacial score (nSPS) is 10.5. The molecule has 0 radical (unpaired) electrons. The Balaban J connectivity index is 2.14. The van der Waals surface area contributed by atoms with Crippen LogP contribution in [-0.2, 0) is 4.74 Å². The van der Waals surface area contributed by atoms with E-state index < -0.39 is 0 Å². The highest BCUT2D eigenvalue weighted by Crippen LogP contribution is 2.21. The number of ether oxygens (including phenoxy) is 2. The van der Waals surface area contributed by atoms with Gasteiger partial charge in [0.2, 0.25) is 0 Å². The predicted octanol–water partition coefficient (Wildman–Crippen LogP) is 2.78. The summed E-state index contributed by atoms with van der Waals surface area (Å²) in [5, 5.41) is 0.736. The second-order valence-corrected chi connectivity index (χ2v) is 4.30. The van der Waals surface area contributed by atoms with Crippen LogP contribution in [0.15, 0.2) is 18.2 Å². The standard InChI is InChI=1S/C13H20ClNO2/c1-11-10-12(14)4-5-13(11)17-9-3-8-16-7-2-6-15/h4-5,10H,2-3,6-9,15H2,1H3. The van der Waals surface area contributed by atoms with E-state index in [9.17, 15) is 0 Å². The second kappa shape index (κ2) is 8.34. The number of hydrogen-bond donors (Lipinski definition) is 1. The third kappa shape index (κ3) is 5.91. The molecule has 1 rings (SSSR count). The third-order valence-electron chi connectivity index (χ3n) is 2.32. The SMILES string of the molecule is Cc1cc(Cl)ccc1OCCCOCCCN. The van der Waals surface area contributed by atoms with Crippen LogP contribution < -0.4 is 10.5 Å². The average molecular weight is 258 g/mol. The van der Waals surface area contributed by atoms with E-state index >= 15 is 0 Å². The molecule has 0 amide bonds. The van der Waals surface area contributed by atoms with E-state index in [1.807, 2.05) is 25.1 Å². The first-order chi connectivity index (χ1) is 8.24. The fourth-order valence-electron chi connectivity index (χ4n) is 1.41. The molecule has 0 unspecified atom stereocenters. The molecule has 0 aliphatic carbocycles. The van der Waals surface area contributed by atoms with Gasteiger partial charge < -0.3 is 15.2 Å². The molecule has 0 saturated carbocycles. The molecule has 0 saturated heterocycles. The van der Waals surface area contributed by atoms with E-state index in [4.69, 9.17) is 26.8 Å². The van der Waals surface area contributed by atoms with Crippen molar-refractivity contribution in [2.75, 3.05) is 26.4 Å². The molecular weight excluding hydrogens is 238 g/mol. The topological polar surface area (TPSA) is 44.5 Å². The van der Waals surface area contributed by atoms with Crippen molar-refractivity contribution in [2.45, 2.75) is 19.8 Å². The van der Waals surface area contributed by atoms with Crippen LogP contribution in [-0.4, -0.2) is 26.4 Å². The number of halogens is 1.